The average molecular weight is 343 g/mol. The molecule has 0 amide bonds. The van der Waals surface area contributed by atoms with Crippen LogP contribution in [0.15, 0.2) is 40.8 Å². The average Bonchev–Trinajstić information content (AvgIpc) is 2.65. The van der Waals surface area contributed by atoms with Crippen molar-refractivity contribution < 1.29 is 0 Å². The fourth-order valence-electron chi connectivity index (χ4n) is 3.37. The quantitative estimate of drug-likeness (QED) is 0.285. The molecule has 0 radical (unpaired) electrons. The summed E-state index contributed by atoms with van der Waals surface area (Å²) in [5.74, 6) is 0.389. The second kappa shape index (κ2) is 12.9. The highest BCUT2D eigenvalue weighted by molar-refractivity contribution is 5.85. The Kier molecular flexibility index (Phi) is 11.1. The van der Waals surface area contributed by atoms with E-state index in [2.05, 4.69) is 45.7 Å². The van der Waals surface area contributed by atoms with Crippen LogP contribution in [0.5, 0.6) is 0 Å². The van der Waals surface area contributed by atoms with E-state index in [1.165, 1.54) is 54.6 Å². The molecule has 25 heavy (non-hydrogen) atoms. The number of hydrogen-bond donors (Lipinski definition) is 0. The Balaban J connectivity index is 2.86. The molecule has 1 aromatic heterocycles. The fourth-order valence-corrected chi connectivity index (χ4v) is 3.37. The monoisotopic (exact) mass is 342 g/mol. The van der Waals surface area contributed by atoms with Gasteiger partial charge in [0.05, 0.1) is 0 Å². The van der Waals surface area contributed by atoms with Crippen LogP contribution in [0, 0.1) is 0 Å². The summed E-state index contributed by atoms with van der Waals surface area (Å²) in [5, 5.41) is 0. The van der Waals surface area contributed by atoms with E-state index >= 15 is 0 Å². The van der Waals surface area contributed by atoms with E-state index in [9.17, 15) is 0 Å². The summed E-state index contributed by atoms with van der Waals surface area (Å²) in [6, 6.07) is 4.21. The van der Waals surface area contributed by atoms with Crippen LogP contribution >= 0.6 is 0 Å². The second-order valence-corrected chi connectivity index (χ2v) is 7.06. The number of aliphatic imine (C=N–C) groups is 1. The molecule has 0 fully saturated rings. The lowest BCUT2D eigenvalue weighted by Gasteiger charge is -2.18. The van der Waals surface area contributed by atoms with Crippen LogP contribution in [-0.2, 0) is 0 Å². The molecule has 140 valence electrons. The maximum absolute atomic E-state index is 5.05. The zero-order valence-corrected chi connectivity index (χ0v) is 17.1. The molecule has 1 aromatic rings. The summed E-state index contributed by atoms with van der Waals surface area (Å²) in [6.07, 6.45) is 15.0. The molecule has 1 unspecified atom stereocenters. The molecule has 0 saturated carbocycles. The van der Waals surface area contributed by atoms with Crippen LogP contribution in [0.4, 0.5) is 0 Å². The number of pyridine rings is 1. The van der Waals surface area contributed by atoms with Crippen LogP contribution in [0.1, 0.15) is 104 Å². The predicted molar refractivity (Wildman–Crippen MR) is 111 cm³/mol. The van der Waals surface area contributed by atoms with Gasteiger partial charge >= 0.3 is 0 Å². The van der Waals surface area contributed by atoms with Gasteiger partial charge in [0.1, 0.15) is 0 Å². The molecular weight excluding hydrogens is 304 g/mol. The lowest BCUT2D eigenvalue weighted by atomic mass is 9.89. The molecule has 1 heterocycles. The van der Waals surface area contributed by atoms with E-state index < -0.39 is 0 Å². The Morgan fingerprint density at radius 2 is 1.80 bits per heavy atom. The fraction of sp³-hybridized carbons (Fsp3) is 0.652. The molecular formula is C23H38N2. The van der Waals surface area contributed by atoms with Crippen molar-refractivity contribution in [3.8, 4) is 0 Å². The number of hydrogen-bond acceptors (Lipinski definition) is 2. The van der Waals surface area contributed by atoms with Gasteiger partial charge in [-0.1, -0.05) is 65.9 Å². The van der Waals surface area contributed by atoms with Crippen molar-refractivity contribution in [2.75, 3.05) is 0 Å². The number of nitrogens with zero attached hydrogens (tertiary/aromatic N) is 2. The number of allylic oxidation sites excluding steroid dienone is 2. The van der Waals surface area contributed by atoms with E-state index in [4.69, 9.17) is 4.99 Å². The summed E-state index contributed by atoms with van der Waals surface area (Å²) < 4.78 is 0. The highest BCUT2D eigenvalue weighted by atomic mass is 14.8. The van der Waals surface area contributed by atoms with Crippen LogP contribution in [0.25, 0.3) is 0 Å². The maximum Gasteiger partial charge on any atom is 0.0370 e. The Morgan fingerprint density at radius 1 is 1.04 bits per heavy atom. The van der Waals surface area contributed by atoms with Gasteiger partial charge in [0, 0.05) is 29.7 Å². The van der Waals surface area contributed by atoms with E-state index in [0.29, 0.717) is 5.92 Å². The van der Waals surface area contributed by atoms with Gasteiger partial charge in [0.2, 0.25) is 0 Å². The Hall–Kier alpha value is -1.44. The Labute approximate surface area is 155 Å². The van der Waals surface area contributed by atoms with Gasteiger partial charge < -0.3 is 0 Å². The van der Waals surface area contributed by atoms with Gasteiger partial charge in [-0.25, -0.2) is 0 Å². The van der Waals surface area contributed by atoms with Crippen molar-refractivity contribution in [1.82, 2.24) is 4.98 Å². The van der Waals surface area contributed by atoms with Crippen molar-refractivity contribution in [1.29, 1.82) is 0 Å². The van der Waals surface area contributed by atoms with Gasteiger partial charge in [0.25, 0.3) is 0 Å². The molecule has 0 aliphatic heterocycles. The standard InChI is InChI=1S/C23H38N2/c1-6-9-10-11-12-16-22(8-3)25-20(5)23(14-7-2)19(4)21-15-13-17-24-18-21/h13,15,17-19H,6-12,14,16H2,1-5H3/b23-20-,25-22+. The third-order valence-electron chi connectivity index (χ3n) is 4.99. The third-order valence-corrected chi connectivity index (χ3v) is 4.99. The summed E-state index contributed by atoms with van der Waals surface area (Å²) in [7, 11) is 0. The van der Waals surface area contributed by atoms with E-state index in [-0.39, 0.29) is 0 Å². The summed E-state index contributed by atoms with van der Waals surface area (Å²) in [5.41, 5.74) is 5.34. The first-order chi connectivity index (χ1) is 12.1. The number of rotatable bonds is 12. The van der Waals surface area contributed by atoms with Crippen LogP contribution in [-0.4, -0.2) is 10.7 Å². The molecule has 0 aromatic carbocycles. The van der Waals surface area contributed by atoms with E-state index in [1.807, 2.05) is 18.5 Å². The Morgan fingerprint density at radius 3 is 2.40 bits per heavy atom. The van der Waals surface area contributed by atoms with Gasteiger partial charge in [-0.05, 0) is 49.8 Å². The largest absolute Gasteiger partial charge is 0.264 e. The van der Waals surface area contributed by atoms with Gasteiger partial charge in [-0.2, -0.15) is 0 Å². The first kappa shape index (κ1) is 21.6. The molecule has 0 spiro atoms. The van der Waals surface area contributed by atoms with Gasteiger partial charge in [-0.3, -0.25) is 9.98 Å². The van der Waals surface area contributed by atoms with Crippen molar-refractivity contribution in [3.05, 3.63) is 41.4 Å². The van der Waals surface area contributed by atoms with Crippen LogP contribution in [0.3, 0.4) is 0 Å². The Bertz CT molecular complexity index is 528. The normalized spacial score (nSPS) is 14.4. The van der Waals surface area contributed by atoms with E-state index in [1.54, 1.807) is 0 Å². The van der Waals surface area contributed by atoms with Crippen molar-refractivity contribution in [2.24, 2.45) is 4.99 Å². The second-order valence-electron chi connectivity index (χ2n) is 7.06. The molecule has 0 saturated heterocycles. The molecule has 0 aliphatic rings. The van der Waals surface area contributed by atoms with Crippen molar-refractivity contribution in [3.63, 3.8) is 0 Å². The minimum Gasteiger partial charge on any atom is -0.264 e. The predicted octanol–water partition coefficient (Wildman–Crippen LogP) is 7.47. The van der Waals surface area contributed by atoms with Crippen molar-refractivity contribution >= 4 is 5.71 Å². The molecule has 0 N–H and O–H groups in total. The van der Waals surface area contributed by atoms with Crippen LogP contribution < -0.4 is 0 Å². The lowest BCUT2D eigenvalue weighted by molar-refractivity contribution is 0.641. The number of unbranched alkanes of at least 4 members (excludes halogenated alkanes) is 4. The first-order valence-electron chi connectivity index (χ1n) is 10.3. The summed E-state index contributed by atoms with van der Waals surface area (Å²) in [6.45, 7) is 11.2. The molecule has 1 atom stereocenters. The highest BCUT2D eigenvalue weighted by Crippen LogP contribution is 2.30. The lowest BCUT2D eigenvalue weighted by Crippen LogP contribution is -2.03. The van der Waals surface area contributed by atoms with E-state index in [0.717, 1.165) is 25.7 Å². The third kappa shape index (κ3) is 7.98. The minimum atomic E-state index is 0.389. The molecule has 0 aliphatic carbocycles. The van der Waals surface area contributed by atoms with Crippen LogP contribution in [0.2, 0.25) is 0 Å². The SMILES string of the molecule is CCCCCCC/C(CC)=N/C(C)=C(/CCC)C(C)c1cccnc1. The summed E-state index contributed by atoms with van der Waals surface area (Å²) in [4.78, 5) is 9.35. The zero-order chi connectivity index (χ0) is 18.5. The molecule has 2 heteroatoms. The maximum atomic E-state index is 5.05. The molecule has 2 nitrogen and oxygen atoms in total. The first-order valence-corrected chi connectivity index (χ1v) is 10.3. The molecule has 0 bridgehead atoms. The summed E-state index contributed by atoms with van der Waals surface area (Å²) >= 11 is 0. The van der Waals surface area contributed by atoms with Gasteiger partial charge in [-0.15, -0.1) is 0 Å². The zero-order valence-electron chi connectivity index (χ0n) is 17.1. The van der Waals surface area contributed by atoms with Gasteiger partial charge in [0.15, 0.2) is 0 Å². The highest BCUT2D eigenvalue weighted by Gasteiger charge is 2.14. The topological polar surface area (TPSA) is 25.2 Å². The van der Waals surface area contributed by atoms with Crippen molar-refractivity contribution in [2.45, 2.75) is 98.3 Å². The smallest absolute Gasteiger partial charge is 0.0370 e. The number of aromatic nitrogens is 1. The minimum absolute atomic E-state index is 0.389. The molecule has 1 rings (SSSR count).